The lowest BCUT2D eigenvalue weighted by atomic mass is 9.95. The summed E-state index contributed by atoms with van der Waals surface area (Å²) in [5.74, 6) is 2.60. The van der Waals surface area contributed by atoms with Gasteiger partial charge in [0.25, 0.3) is 0 Å². The molecule has 1 aliphatic heterocycles. The molecule has 3 heteroatoms. The summed E-state index contributed by atoms with van der Waals surface area (Å²) in [4.78, 5) is 7.20. The van der Waals surface area contributed by atoms with Crippen molar-refractivity contribution in [2.24, 2.45) is 5.92 Å². The Bertz CT molecular complexity index is 553. The van der Waals surface area contributed by atoms with Crippen LogP contribution in [0.1, 0.15) is 19.3 Å². The fraction of sp³-hybridized carbons (Fsp3) is 0.438. The van der Waals surface area contributed by atoms with Gasteiger partial charge in [0.15, 0.2) is 0 Å². The van der Waals surface area contributed by atoms with Crippen LogP contribution in [0.25, 0.3) is 10.9 Å². The molecule has 0 aliphatic carbocycles. The van der Waals surface area contributed by atoms with Gasteiger partial charge in [0.1, 0.15) is 5.82 Å². The average molecular weight is 275 g/mol. The minimum absolute atomic E-state index is 0.722. The summed E-state index contributed by atoms with van der Waals surface area (Å²) in [6, 6.07) is 12.6. The van der Waals surface area contributed by atoms with E-state index in [-0.39, 0.29) is 0 Å². The first-order chi connectivity index (χ1) is 9.36. The molecule has 0 saturated carbocycles. The summed E-state index contributed by atoms with van der Waals surface area (Å²) in [5.41, 5.74) is 1.08. The van der Waals surface area contributed by atoms with Crippen LogP contribution in [0.15, 0.2) is 36.4 Å². The molecule has 0 amide bonds. The largest absolute Gasteiger partial charge is 0.356 e. The van der Waals surface area contributed by atoms with Crippen LogP contribution in [0.4, 0.5) is 5.82 Å². The quantitative estimate of drug-likeness (QED) is 0.784. The van der Waals surface area contributed by atoms with Crippen molar-refractivity contribution in [1.82, 2.24) is 4.98 Å². The second-order valence-corrected chi connectivity index (χ2v) is 5.67. The summed E-state index contributed by atoms with van der Waals surface area (Å²) in [7, 11) is 0. The number of piperidine rings is 1. The van der Waals surface area contributed by atoms with Gasteiger partial charge in [0, 0.05) is 24.4 Å². The van der Waals surface area contributed by atoms with Gasteiger partial charge in [-0.3, -0.25) is 0 Å². The molecule has 1 unspecified atom stereocenters. The predicted octanol–water partition coefficient (Wildman–Crippen LogP) is 4.08. The van der Waals surface area contributed by atoms with E-state index in [9.17, 15) is 0 Å². The molecule has 2 nitrogen and oxygen atoms in total. The molecule has 1 aliphatic rings. The van der Waals surface area contributed by atoms with Crippen LogP contribution in [0.5, 0.6) is 0 Å². The topological polar surface area (TPSA) is 16.1 Å². The molecule has 0 N–H and O–H groups in total. The summed E-state index contributed by atoms with van der Waals surface area (Å²) in [5, 5.41) is 1.21. The molecule has 100 valence electrons. The number of pyridine rings is 1. The van der Waals surface area contributed by atoms with E-state index in [1.807, 2.05) is 6.07 Å². The molecule has 2 aromatic rings. The van der Waals surface area contributed by atoms with Crippen molar-refractivity contribution in [2.45, 2.75) is 19.3 Å². The summed E-state index contributed by atoms with van der Waals surface area (Å²) < 4.78 is 0. The molecule has 1 aromatic heterocycles. The van der Waals surface area contributed by atoms with Crippen LogP contribution in [-0.2, 0) is 0 Å². The highest BCUT2D eigenvalue weighted by molar-refractivity contribution is 6.17. The molecule has 19 heavy (non-hydrogen) atoms. The number of aromatic nitrogens is 1. The molecule has 0 radical (unpaired) electrons. The number of alkyl halides is 1. The van der Waals surface area contributed by atoms with E-state index < -0.39 is 0 Å². The SMILES string of the molecule is ClCCC1CCCN(c2ccc3ccccc3n2)C1. The number of hydrogen-bond donors (Lipinski definition) is 0. The van der Waals surface area contributed by atoms with E-state index >= 15 is 0 Å². The van der Waals surface area contributed by atoms with Gasteiger partial charge in [-0.1, -0.05) is 18.2 Å². The number of para-hydroxylation sites is 1. The fourth-order valence-electron chi connectivity index (χ4n) is 2.89. The second kappa shape index (κ2) is 5.79. The Hall–Kier alpha value is -1.28. The minimum atomic E-state index is 0.722. The summed E-state index contributed by atoms with van der Waals surface area (Å²) in [6.07, 6.45) is 3.67. The van der Waals surface area contributed by atoms with Gasteiger partial charge < -0.3 is 4.90 Å². The Kier molecular flexibility index (Phi) is 3.88. The molecular formula is C16H19ClN2. The van der Waals surface area contributed by atoms with E-state index in [4.69, 9.17) is 16.6 Å². The predicted molar refractivity (Wildman–Crippen MR) is 82.0 cm³/mol. The Labute approximate surface area is 119 Å². The number of rotatable bonds is 3. The van der Waals surface area contributed by atoms with E-state index in [0.29, 0.717) is 0 Å². The van der Waals surface area contributed by atoms with E-state index in [2.05, 4.69) is 35.2 Å². The van der Waals surface area contributed by atoms with Crippen LogP contribution >= 0.6 is 11.6 Å². The molecule has 1 atom stereocenters. The lowest BCUT2D eigenvalue weighted by molar-refractivity contribution is 0.405. The highest BCUT2D eigenvalue weighted by atomic mass is 35.5. The van der Waals surface area contributed by atoms with Crippen molar-refractivity contribution in [3.05, 3.63) is 36.4 Å². The molecule has 1 saturated heterocycles. The first kappa shape index (κ1) is 12.7. The molecule has 0 spiro atoms. The highest BCUT2D eigenvalue weighted by Crippen LogP contribution is 2.25. The van der Waals surface area contributed by atoms with Crippen molar-refractivity contribution < 1.29 is 0 Å². The molecule has 3 rings (SSSR count). The van der Waals surface area contributed by atoms with Crippen LogP contribution in [0.3, 0.4) is 0 Å². The first-order valence-corrected chi connectivity index (χ1v) is 7.57. The van der Waals surface area contributed by atoms with E-state index in [1.165, 1.54) is 18.2 Å². The maximum atomic E-state index is 5.87. The molecule has 0 bridgehead atoms. The zero-order valence-corrected chi connectivity index (χ0v) is 11.8. The van der Waals surface area contributed by atoms with Crippen molar-refractivity contribution in [2.75, 3.05) is 23.9 Å². The van der Waals surface area contributed by atoms with E-state index in [0.717, 1.165) is 42.6 Å². The Balaban J connectivity index is 1.83. The van der Waals surface area contributed by atoms with Gasteiger partial charge in [-0.05, 0) is 43.4 Å². The van der Waals surface area contributed by atoms with Crippen molar-refractivity contribution in [3.8, 4) is 0 Å². The lowest BCUT2D eigenvalue weighted by Gasteiger charge is -2.33. The zero-order chi connectivity index (χ0) is 13.1. The summed E-state index contributed by atoms with van der Waals surface area (Å²) >= 11 is 5.87. The number of hydrogen-bond acceptors (Lipinski definition) is 2. The van der Waals surface area contributed by atoms with Gasteiger partial charge in [0.2, 0.25) is 0 Å². The van der Waals surface area contributed by atoms with Crippen LogP contribution in [-0.4, -0.2) is 24.0 Å². The van der Waals surface area contributed by atoms with Crippen LogP contribution in [0, 0.1) is 5.92 Å². The zero-order valence-electron chi connectivity index (χ0n) is 11.1. The van der Waals surface area contributed by atoms with E-state index in [1.54, 1.807) is 0 Å². The van der Waals surface area contributed by atoms with Gasteiger partial charge in [-0.25, -0.2) is 4.98 Å². The van der Waals surface area contributed by atoms with Gasteiger partial charge in [-0.2, -0.15) is 0 Å². The number of fused-ring (bicyclic) bond motifs is 1. The number of benzene rings is 1. The lowest BCUT2D eigenvalue weighted by Crippen LogP contribution is -2.36. The monoisotopic (exact) mass is 274 g/mol. The van der Waals surface area contributed by atoms with Crippen molar-refractivity contribution in [1.29, 1.82) is 0 Å². The number of halogens is 1. The fourth-order valence-corrected chi connectivity index (χ4v) is 3.20. The summed E-state index contributed by atoms with van der Waals surface area (Å²) in [6.45, 7) is 2.21. The third kappa shape index (κ3) is 2.84. The highest BCUT2D eigenvalue weighted by Gasteiger charge is 2.20. The first-order valence-electron chi connectivity index (χ1n) is 7.03. The van der Waals surface area contributed by atoms with Gasteiger partial charge in [-0.15, -0.1) is 11.6 Å². The Morgan fingerprint density at radius 3 is 3.00 bits per heavy atom. The third-order valence-corrected chi connectivity index (χ3v) is 4.16. The van der Waals surface area contributed by atoms with Crippen molar-refractivity contribution >= 4 is 28.3 Å². The third-order valence-electron chi connectivity index (χ3n) is 3.94. The maximum Gasteiger partial charge on any atom is 0.129 e. The van der Waals surface area contributed by atoms with Crippen LogP contribution in [0.2, 0.25) is 0 Å². The van der Waals surface area contributed by atoms with Gasteiger partial charge >= 0.3 is 0 Å². The van der Waals surface area contributed by atoms with Crippen LogP contribution < -0.4 is 4.90 Å². The molecule has 2 heterocycles. The number of nitrogens with zero attached hydrogens (tertiary/aromatic N) is 2. The normalized spacial score (nSPS) is 19.8. The Morgan fingerprint density at radius 2 is 2.11 bits per heavy atom. The Morgan fingerprint density at radius 1 is 1.21 bits per heavy atom. The maximum absolute atomic E-state index is 5.87. The molecule has 1 aromatic carbocycles. The average Bonchev–Trinajstić information content (AvgIpc) is 2.47. The molecule has 1 fully saturated rings. The molecular weight excluding hydrogens is 256 g/mol. The second-order valence-electron chi connectivity index (χ2n) is 5.29. The van der Waals surface area contributed by atoms with Crippen molar-refractivity contribution in [3.63, 3.8) is 0 Å². The smallest absolute Gasteiger partial charge is 0.129 e. The number of anilines is 1. The standard InChI is InChI=1S/C16H19ClN2/c17-10-9-13-4-3-11-19(12-13)16-8-7-14-5-1-2-6-15(14)18-16/h1-2,5-8,13H,3-4,9-12H2. The van der Waals surface area contributed by atoms with Gasteiger partial charge in [0.05, 0.1) is 5.52 Å². The minimum Gasteiger partial charge on any atom is -0.356 e.